The molecule has 2 aliphatic rings. The van der Waals surface area contributed by atoms with Crippen LogP contribution < -0.4 is 10.2 Å². The van der Waals surface area contributed by atoms with E-state index in [1.165, 1.54) is 11.6 Å². The second kappa shape index (κ2) is 12.9. The van der Waals surface area contributed by atoms with Gasteiger partial charge in [-0.15, -0.1) is 11.3 Å². The first kappa shape index (κ1) is 30.0. The maximum absolute atomic E-state index is 13.0. The number of rotatable bonds is 9. The summed E-state index contributed by atoms with van der Waals surface area (Å²) in [7, 11) is 0. The number of nitrogens with one attached hydrogen (secondary N) is 2. The van der Waals surface area contributed by atoms with Crippen molar-refractivity contribution in [3.63, 3.8) is 0 Å². The summed E-state index contributed by atoms with van der Waals surface area (Å²) in [6.45, 7) is 7.78. The number of aryl methyl sites for hydroxylation is 1. The third kappa shape index (κ3) is 6.87. The number of nitrogens with zero attached hydrogens (tertiary/aromatic N) is 2. The predicted molar refractivity (Wildman–Crippen MR) is 170 cm³/mol. The number of hydrogen-bond donors (Lipinski definition) is 4. The number of likely N-dealkylation sites (tertiary alicyclic amines) is 1. The zero-order valence-electron chi connectivity index (χ0n) is 24.3. The van der Waals surface area contributed by atoms with Gasteiger partial charge in [0.15, 0.2) is 0 Å². The fourth-order valence-electron chi connectivity index (χ4n) is 6.16. The number of benzene rings is 2. The first-order valence-electron chi connectivity index (χ1n) is 14.8. The molecule has 2 aliphatic heterocycles. The number of hydrogen-bond acceptors (Lipinski definition) is 9. The lowest BCUT2D eigenvalue weighted by molar-refractivity contribution is -0.127. The van der Waals surface area contributed by atoms with Gasteiger partial charge in [-0.1, -0.05) is 41.7 Å². The summed E-state index contributed by atoms with van der Waals surface area (Å²) >= 11 is 2.56. The van der Waals surface area contributed by atoms with Crippen molar-refractivity contribution >= 4 is 38.8 Å². The molecule has 6 rings (SSSR count). The number of phenolic OH excluding ortho intramolecular Hbond substituents is 1. The average Bonchev–Trinajstić information content (AvgIpc) is 3.62. The lowest BCUT2D eigenvalue weighted by Gasteiger charge is -2.47. The first-order valence-corrected chi connectivity index (χ1v) is 16.5. The van der Waals surface area contributed by atoms with E-state index in [0.29, 0.717) is 48.6 Å². The second-order valence-electron chi connectivity index (χ2n) is 11.6. The number of aromatic nitrogens is 1. The Bertz CT molecular complexity index is 1640. The van der Waals surface area contributed by atoms with E-state index in [1.807, 2.05) is 24.0 Å². The Kier molecular flexibility index (Phi) is 8.99. The van der Waals surface area contributed by atoms with Crippen LogP contribution in [0.3, 0.4) is 0 Å². The largest absolute Gasteiger partial charge is 0.506 e. The molecular weight excluding hydrogens is 585 g/mol. The van der Waals surface area contributed by atoms with E-state index < -0.39 is 6.10 Å². The molecule has 1 amide bonds. The van der Waals surface area contributed by atoms with Crippen molar-refractivity contribution in [2.24, 2.45) is 0 Å². The van der Waals surface area contributed by atoms with Gasteiger partial charge in [0.2, 0.25) is 0 Å². The van der Waals surface area contributed by atoms with Gasteiger partial charge >= 0.3 is 4.87 Å². The summed E-state index contributed by atoms with van der Waals surface area (Å²) in [5.74, 6) is 0.132. The van der Waals surface area contributed by atoms with Crippen LogP contribution in [-0.2, 0) is 17.7 Å². The number of aliphatic hydroxyl groups is 1. The minimum atomic E-state index is -0.807. The van der Waals surface area contributed by atoms with Crippen LogP contribution in [0.2, 0.25) is 0 Å². The van der Waals surface area contributed by atoms with Gasteiger partial charge in [0.25, 0.3) is 5.91 Å². The molecule has 4 heterocycles. The summed E-state index contributed by atoms with van der Waals surface area (Å²) in [5, 5.41) is 24.1. The number of morpholine rings is 1. The number of H-pyrrole nitrogens is 1. The highest BCUT2D eigenvalue weighted by Crippen LogP contribution is 2.32. The lowest BCUT2D eigenvalue weighted by Crippen LogP contribution is -2.58. The number of thiophene rings is 1. The molecule has 2 fully saturated rings. The van der Waals surface area contributed by atoms with Gasteiger partial charge in [0.05, 0.1) is 34.4 Å². The Morgan fingerprint density at radius 2 is 1.93 bits per heavy atom. The fourth-order valence-corrected chi connectivity index (χ4v) is 7.91. The van der Waals surface area contributed by atoms with E-state index >= 15 is 0 Å². The Labute approximate surface area is 258 Å². The smallest absolute Gasteiger partial charge is 0.305 e. The van der Waals surface area contributed by atoms with Crippen LogP contribution in [0, 0.1) is 6.92 Å². The van der Waals surface area contributed by atoms with Gasteiger partial charge in [-0.25, -0.2) is 0 Å². The molecule has 2 aromatic carbocycles. The summed E-state index contributed by atoms with van der Waals surface area (Å²) in [6, 6.07) is 15.6. The van der Waals surface area contributed by atoms with Crippen LogP contribution in [0.15, 0.2) is 53.3 Å². The molecule has 0 saturated carbocycles. The summed E-state index contributed by atoms with van der Waals surface area (Å²) in [4.78, 5) is 33.7. The molecule has 11 heteroatoms. The van der Waals surface area contributed by atoms with E-state index in [4.69, 9.17) is 4.74 Å². The minimum absolute atomic E-state index is 0.00322. The normalized spacial score (nSPS) is 18.0. The molecule has 0 aliphatic carbocycles. The van der Waals surface area contributed by atoms with Gasteiger partial charge < -0.3 is 35.1 Å². The maximum atomic E-state index is 13.0. The highest BCUT2D eigenvalue weighted by Gasteiger charge is 2.41. The average molecular weight is 623 g/mol. The van der Waals surface area contributed by atoms with Crippen LogP contribution >= 0.6 is 22.7 Å². The zero-order valence-corrected chi connectivity index (χ0v) is 25.9. The number of piperidine rings is 1. The number of phenols is 1. The number of aliphatic hydroxyl groups excluding tert-OH is 1. The number of amides is 1. The van der Waals surface area contributed by atoms with Gasteiger partial charge in [0.1, 0.15) is 11.3 Å². The molecule has 2 saturated heterocycles. The van der Waals surface area contributed by atoms with Gasteiger partial charge in [-0.3, -0.25) is 9.59 Å². The number of thiazole rings is 1. The highest BCUT2D eigenvalue weighted by molar-refractivity contribution is 7.16. The fraction of sp³-hybridized carbons (Fsp3) is 0.438. The van der Waals surface area contributed by atoms with E-state index in [1.54, 1.807) is 17.4 Å². The van der Waals surface area contributed by atoms with Crippen LogP contribution in [0.25, 0.3) is 10.2 Å². The van der Waals surface area contributed by atoms with Crippen molar-refractivity contribution in [3.05, 3.63) is 84.6 Å². The quantitative estimate of drug-likeness (QED) is 0.223. The Morgan fingerprint density at radius 1 is 1.12 bits per heavy atom. The van der Waals surface area contributed by atoms with E-state index in [0.717, 1.165) is 65.6 Å². The van der Waals surface area contributed by atoms with Gasteiger partial charge in [-0.05, 0) is 55.5 Å². The third-order valence-corrected chi connectivity index (χ3v) is 10.5. The predicted octanol–water partition coefficient (Wildman–Crippen LogP) is 4.04. The third-order valence-electron chi connectivity index (χ3n) is 8.58. The molecular formula is C32H38N4O5S2. The molecule has 4 aromatic rings. The van der Waals surface area contributed by atoms with Crippen LogP contribution in [0.4, 0.5) is 0 Å². The molecule has 43 heavy (non-hydrogen) atoms. The molecule has 1 atom stereocenters. The monoisotopic (exact) mass is 622 g/mol. The molecule has 0 bridgehead atoms. The standard InChI is InChI=1S/C32H38N4O5S2/c1-21-5-8-27(42-21)30(39)36-15-16-41-32(20-36)10-13-35(14-11-32)12-9-22-3-2-4-23(17-22)18-33-19-26(38)24-6-7-25(37)28-29(24)43-31(40)34-28/h2-8,17,26,33,37-38H,9-16,18-20H2,1H3,(H,34,40)/t26-/m0/s1. The maximum Gasteiger partial charge on any atom is 0.305 e. The molecule has 4 N–H and O–H groups in total. The summed E-state index contributed by atoms with van der Waals surface area (Å²) < 4.78 is 6.88. The lowest BCUT2D eigenvalue weighted by atomic mass is 9.89. The van der Waals surface area contributed by atoms with Gasteiger partial charge in [0, 0.05) is 49.7 Å². The van der Waals surface area contributed by atoms with Crippen LogP contribution in [0.1, 0.15) is 50.2 Å². The Morgan fingerprint density at radius 3 is 2.72 bits per heavy atom. The summed E-state index contributed by atoms with van der Waals surface area (Å²) in [6.07, 6.45) is 2.00. The van der Waals surface area contributed by atoms with Crippen LogP contribution in [-0.4, -0.2) is 82.4 Å². The zero-order chi connectivity index (χ0) is 30.0. The first-order chi connectivity index (χ1) is 20.8. The van der Waals surface area contributed by atoms with E-state index in [-0.39, 0.29) is 22.1 Å². The topological polar surface area (TPSA) is 118 Å². The molecule has 2 aromatic heterocycles. The molecule has 0 unspecified atom stereocenters. The van der Waals surface area contributed by atoms with Crippen molar-refractivity contribution in [1.82, 2.24) is 20.1 Å². The molecule has 0 radical (unpaired) electrons. The number of carbonyl (C=O) groups is 1. The molecule has 9 nitrogen and oxygen atoms in total. The number of carbonyl (C=O) groups excluding carboxylic acids is 1. The summed E-state index contributed by atoms with van der Waals surface area (Å²) in [5.41, 5.74) is 3.17. The SMILES string of the molecule is Cc1ccc(C(=O)N2CCOC3(CCN(CCc4cccc(CNC[C@H](O)c5ccc(O)c6[nH]c(=O)sc56)c4)CC3)C2)s1. The minimum Gasteiger partial charge on any atom is -0.506 e. The van der Waals surface area contributed by atoms with Crippen LogP contribution in [0.5, 0.6) is 5.75 Å². The Balaban J connectivity index is 0.966. The number of fused-ring (bicyclic) bond motifs is 1. The molecule has 1 spiro atoms. The Hall–Kier alpha value is -3.06. The molecule has 228 valence electrons. The number of aromatic amines is 1. The van der Waals surface area contributed by atoms with Crippen molar-refractivity contribution in [2.45, 2.75) is 44.4 Å². The van der Waals surface area contributed by atoms with Gasteiger partial charge in [-0.2, -0.15) is 0 Å². The highest BCUT2D eigenvalue weighted by atomic mass is 32.1. The van der Waals surface area contributed by atoms with Crippen molar-refractivity contribution in [1.29, 1.82) is 0 Å². The van der Waals surface area contributed by atoms with Crippen molar-refractivity contribution in [3.8, 4) is 5.75 Å². The van der Waals surface area contributed by atoms with Crippen molar-refractivity contribution < 1.29 is 19.7 Å². The number of ether oxygens (including phenoxy) is 1. The van der Waals surface area contributed by atoms with Crippen molar-refractivity contribution in [2.75, 3.05) is 45.9 Å². The van der Waals surface area contributed by atoms with E-state index in [9.17, 15) is 19.8 Å². The number of aromatic hydroxyl groups is 1. The van der Waals surface area contributed by atoms with E-state index in [2.05, 4.69) is 39.5 Å². The second-order valence-corrected chi connectivity index (χ2v) is 13.9.